The van der Waals surface area contributed by atoms with Crippen molar-refractivity contribution >= 4 is 69.1 Å². The van der Waals surface area contributed by atoms with Gasteiger partial charge in [-0.05, 0) is 44.9 Å². The molecule has 1 saturated heterocycles. The number of amides is 2. The number of unbranched alkanes of at least 4 members (excludes halogenated alkanes) is 9. The minimum absolute atomic E-state index is 0.0317. The molecule has 1 aliphatic heterocycles. The number of anilines is 1. The number of carbonyl (C=O) groups excluding carboxylic acids is 3. The van der Waals surface area contributed by atoms with E-state index >= 15 is 0 Å². The van der Waals surface area contributed by atoms with Gasteiger partial charge in [0.05, 0.1) is 19.5 Å². The molecule has 28 heteroatoms. The Kier molecular flexibility index (Phi) is 27.5. The SMILES string of the molecule is CCCCCCCC/C=C/C/C=C/C/C=C/CCCCCC(=O)SCCNC(=O)CCNC(=O)C(O)C(C)(C)COP(=O)(O)OP(=O)(O)OCC1OC(n2cnc3c(N)ncnc32)C(O)C1OP(=O)(O)O. The largest absolute Gasteiger partial charge is 0.481 e. The van der Waals surface area contributed by atoms with E-state index in [4.69, 9.17) is 19.5 Å². The number of nitrogen functional groups attached to an aromatic ring is 1. The highest BCUT2D eigenvalue weighted by Crippen LogP contribution is 2.61. The summed E-state index contributed by atoms with van der Waals surface area (Å²) >= 11 is 1.13. The van der Waals surface area contributed by atoms with Gasteiger partial charge in [0, 0.05) is 37.1 Å². The van der Waals surface area contributed by atoms with Gasteiger partial charge in [-0.25, -0.2) is 28.6 Å². The maximum Gasteiger partial charge on any atom is 0.481 e. The highest BCUT2D eigenvalue weighted by atomic mass is 32.2. The highest BCUT2D eigenvalue weighted by Gasteiger charge is 2.50. The number of hydrogen-bond acceptors (Lipinski definition) is 18. The molecule has 7 atom stereocenters. The second-order valence-corrected chi connectivity index (χ2v) is 22.7. The van der Waals surface area contributed by atoms with Crippen LogP contribution in [0, 0.1) is 5.41 Å². The van der Waals surface area contributed by atoms with Crippen LogP contribution in [-0.4, -0.2) is 123 Å². The molecule has 3 rings (SSSR count). The number of hydrogen-bond donors (Lipinski definition) is 9. The van der Waals surface area contributed by atoms with Gasteiger partial charge in [-0.1, -0.05) is 108 Å². The molecule has 0 aliphatic carbocycles. The molecule has 0 spiro atoms. The van der Waals surface area contributed by atoms with Crippen LogP contribution >= 0.6 is 35.2 Å². The molecule has 1 aliphatic rings. The Morgan fingerprint density at radius 2 is 1.48 bits per heavy atom. The molecule has 2 aromatic rings. The second-order valence-electron chi connectivity index (χ2n) is 17.3. The van der Waals surface area contributed by atoms with Gasteiger partial charge in [-0.3, -0.25) is 32.5 Å². The van der Waals surface area contributed by atoms with Crippen molar-refractivity contribution in [3.63, 3.8) is 0 Å². The number of aromatic nitrogens is 4. The van der Waals surface area contributed by atoms with Gasteiger partial charge >= 0.3 is 23.5 Å². The minimum atomic E-state index is -5.58. The molecule has 0 bridgehead atoms. The first-order valence-electron chi connectivity index (χ1n) is 23.6. The number of fused-ring (bicyclic) bond motifs is 1. The summed E-state index contributed by atoms with van der Waals surface area (Å²) in [6.07, 6.45) is 21.4. The fourth-order valence-corrected chi connectivity index (χ4v) is 10.4. The summed E-state index contributed by atoms with van der Waals surface area (Å²) in [5.41, 5.74) is 4.28. The van der Waals surface area contributed by atoms with Gasteiger partial charge in [0.1, 0.15) is 36.3 Å². The molecule has 402 valence electrons. The number of carbonyl (C=O) groups is 3. The summed E-state index contributed by atoms with van der Waals surface area (Å²) in [5, 5.41) is 26.6. The van der Waals surface area contributed by atoms with Gasteiger partial charge in [0.15, 0.2) is 22.8 Å². The monoisotopic (exact) mass is 1080 g/mol. The van der Waals surface area contributed by atoms with Crippen molar-refractivity contribution in [2.75, 3.05) is 37.8 Å². The standard InChI is InChI=1S/C43H72N7O17P3S/c1-4-5-6-7-8-9-10-11-12-13-14-15-16-17-18-19-20-21-22-23-34(52)71-27-26-45-33(51)24-25-46-41(55)38(54)43(2,3)29-64-70(61,62)67-69(59,60)63-28-32-37(66-68(56,57)58)36(53)42(65-32)50-31-49-35-39(44)47-30-48-40(35)50/h11-12,14-15,17-18,30-32,36-38,42,53-54H,4-10,13,16,19-29H2,1-3H3,(H,45,51)(H,46,55)(H,59,60)(H,61,62)(H2,44,47,48)(H2,56,57,58)/b12-11+,15-14+,18-17+. The Balaban J connectivity index is 1.27. The van der Waals surface area contributed by atoms with E-state index in [-0.39, 0.29) is 41.6 Å². The highest BCUT2D eigenvalue weighted by molar-refractivity contribution is 8.13. The summed E-state index contributed by atoms with van der Waals surface area (Å²) < 4.78 is 62.5. The van der Waals surface area contributed by atoms with E-state index in [2.05, 4.69) is 77.8 Å². The Hall–Kier alpha value is -3.22. The molecular weight excluding hydrogens is 1010 g/mol. The number of rotatable bonds is 36. The third-order valence-corrected chi connectivity index (χ3v) is 14.8. The lowest BCUT2D eigenvalue weighted by Gasteiger charge is -2.30. The molecule has 2 aromatic heterocycles. The second kappa shape index (κ2) is 31.5. The van der Waals surface area contributed by atoms with Crippen LogP contribution in [0.25, 0.3) is 11.2 Å². The smallest absolute Gasteiger partial charge is 0.386 e. The number of phosphoric ester groups is 3. The number of nitrogens with two attached hydrogens (primary N) is 1. The van der Waals surface area contributed by atoms with E-state index < -0.39 is 84.6 Å². The number of ether oxygens (including phenoxy) is 1. The van der Waals surface area contributed by atoms with Crippen LogP contribution in [0.5, 0.6) is 0 Å². The molecule has 24 nitrogen and oxygen atoms in total. The number of imidazole rings is 1. The third kappa shape index (κ3) is 24.1. The first-order valence-corrected chi connectivity index (χ1v) is 29.1. The molecule has 0 saturated carbocycles. The Labute approximate surface area is 418 Å². The molecule has 1 fully saturated rings. The number of nitrogens with one attached hydrogen (secondary N) is 2. The molecule has 0 radical (unpaired) electrons. The van der Waals surface area contributed by atoms with Gasteiger partial charge in [-0.2, -0.15) is 4.31 Å². The maximum atomic E-state index is 12.8. The zero-order valence-electron chi connectivity index (χ0n) is 40.4. The van der Waals surface area contributed by atoms with Crippen molar-refractivity contribution in [3.05, 3.63) is 49.1 Å². The summed E-state index contributed by atoms with van der Waals surface area (Å²) in [7, 11) is -16.4. The average molecular weight is 1080 g/mol. The fourth-order valence-electron chi connectivity index (χ4n) is 6.90. The average Bonchev–Trinajstić information content (AvgIpc) is 3.86. The number of nitrogens with zero attached hydrogens (tertiary/aromatic N) is 4. The number of allylic oxidation sites excluding steroid dienone is 6. The van der Waals surface area contributed by atoms with Crippen LogP contribution in [0.1, 0.15) is 123 Å². The number of aliphatic hydroxyl groups is 2. The van der Waals surface area contributed by atoms with Crippen molar-refractivity contribution in [3.8, 4) is 0 Å². The molecular formula is C43H72N7O17P3S. The summed E-state index contributed by atoms with van der Waals surface area (Å²) in [6, 6.07) is 0. The van der Waals surface area contributed by atoms with Crippen molar-refractivity contribution < 1.29 is 80.5 Å². The number of thioether (sulfide) groups is 1. The molecule has 71 heavy (non-hydrogen) atoms. The molecule has 2 amide bonds. The Morgan fingerprint density at radius 1 is 0.859 bits per heavy atom. The van der Waals surface area contributed by atoms with Gasteiger partial charge < -0.3 is 50.9 Å². The van der Waals surface area contributed by atoms with Crippen molar-refractivity contribution in [1.82, 2.24) is 30.2 Å². The quantitative estimate of drug-likeness (QED) is 0.0221. The molecule has 10 N–H and O–H groups in total. The lowest BCUT2D eigenvalue weighted by atomic mass is 9.87. The zero-order chi connectivity index (χ0) is 52.5. The first kappa shape index (κ1) is 62.1. The van der Waals surface area contributed by atoms with Gasteiger partial charge in [0.2, 0.25) is 11.8 Å². The Morgan fingerprint density at radius 3 is 2.14 bits per heavy atom. The van der Waals surface area contributed by atoms with Crippen LogP contribution in [-0.2, 0) is 50.7 Å². The number of aliphatic hydroxyl groups excluding tert-OH is 2. The summed E-state index contributed by atoms with van der Waals surface area (Å²) in [6.45, 7) is 2.77. The predicted octanol–water partition coefficient (Wildman–Crippen LogP) is 5.81. The topological polar surface area (TPSA) is 364 Å². The van der Waals surface area contributed by atoms with Crippen LogP contribution in [0.3, 0.4) is 0 Å². The van der Waals surface area contributed by atoms with Gasteiger partial charge in [0.25, 0.3) is 0 Å². The fraction of sp³-hybridized carbons (Fsp3) is 0.674. The van der Waals surface area contributed by atoms with Crippen LogP contribution in [0.15, 0.2) is 49.1 Å². The van der Waals surface area contributed by atoms with E-state index in [9.17, 15) is 57.9 Å². The van der Waals surface area contributed by atoms with E-state index in [1.807, 2.05) is 0 Å². The third-order valence-electron chi connectivity index (χ3n) is 10.8. The summed E-state index contributed by atoms with van der Waals surface area (Å²) in [4.78, 5) is 88.5. The first-order chi connectivity index (χ1) is 33.6. The summed E-state index contributed by atoms with van der Waals surface area (Å²) in [5.74, 6) is -1.06. The molecule has 0 aromatic carbocycles. The minimum Gasteiger partial charge on any atom is -0.386 e. The lowest BCUT2D eigenvalue weighted by molar-refractivity contribution is -0.137. The van der Waals surface area contributed by atoms with Gasteiger partial charge in [-0.15, -0.1) is 0 Å². The van der Waals surface area contributed by atoms with Crippen LogP contribution in [0.2, 0.25) is 0 Å². The number of phosphoric acid groups is 3. The lowest BCUT2D eigenvalue weighted by Crippen LogP contribution is -2.46. The Bertz CT molecular complexity index is 2210. The van der Waals surface area contributed by atoms with Crippen molar-refractivity contribution in [1.29, 1.82) is 0 Å². The van der Waals surface area contributed by atoms with E-state index in [1.165, 1.54) is 52.4 Å². The molecule has 7 unspecified atom stereocenters. The maximum absolute atomic E-state index is 12.8. The van der Waals surface area contributed by atoms with E-state index in [1.54, 1.807) is 0 Å². The van der Waals surface area contributed by atoms with Crippen LogP contribution < -0.4 is 16.4 Å². The normalized spacial score (nSPS) is 20.0. The predicted molar refractivity (Wildman–Crippen MR) is 265 cm³/mol. The van der Waals surface area contributed by atoms with Crippen LogP contribution in [0.4, 0.5) is 5.82 Å². The van der Waals surface area contributed by atoms with E-state index in [0.29, 0.717) is 12.2 Å². The zero-order valence-corrected chi connectivity index (χ0v) is 43.9. The molecule has 3 heterocycles. The van der Waals surface area contributed by atoms with Crippen molar-refractivity contribution in [2.45, 2.75) is 148 Å². The van der Waals surface area contributed by atoms with E-state index in [0.717, 1.165) is 73.9 Å². The van der Waals surface area contributed by atoms with Crippen molar-refractivity contribution in [2.24, 2.45) is 5.41 Å².